The molecular formula is C18H18INO5S. The van der Waals surface area contributed by atoms with Crippen LogP contribution >= 0.6 is 34.4 Å². The molecule has 1 aliphatic rings. The molecule has 0 N–H and O–H groups in total. The van der Waals surface area contributed by atoms with Crippen molar-refractivity contribution in [1.82, 2.24) is 4.90 Å². The first kappa shape index (κ1) is 20.6. The number of rotatable bonds is 8. The minimum Gasteiger partial charge on any atom is -0.490 e. The molecule has 0 bridgehead atoms. The van der Waals surface area contributed by atoms with Crippen molar-refractivity contribution in [3.05, 3.63) is 26.2 Å². The number of imide groups is 1. The number of benzene rings is 1. The van der Waals surface area contributed by atoms with Crippen LogP contribution in [0.3, 0.4) is 0 Å². The average Bonchev–Trinajstić information content (AvgIpc) is 2.86. The zero-order chi connectivity index (χ0) is 19.1. The van der Waals surface area contributed by atoms with Gasteiger partial charge < -0.3 is 14.2 Å². The molecule has 0 saturated carbocycles. The van der Waals surface area contributed by atoms with E-state index in [4.69, 9.17) is 20.6 Å². The van der Waals surface area contributed by atoms with Gasteiger partial charge in [0.05, 0.1) is 28.2 Å². The summed E-state index contributed by atoms with van der Waals surface area (Å²) in [5.74, 6) is 3.21. The van der Waals surface area contributed by atoms with Gasteiger partial charge in [-0.3, -0.25) is 14.5 Å². The summed E-state index contributed by atoms with van der Waals surface area (Å²) in [6.45, 7) is 3.00. The third-order valence-corrected chi connectivity index (χ3v) is 5.03. The van der Waals surface area contributed by atoms with Crippen LogP contribution in [0.4, 0.5) is 4.79 Å². The Hall–Kier alpha value is -1.70. The van der Waals surface area contributed by atoms with E-state index in [1.54, 1.807) is 12.1 Å². The molecule has 2 rings (SSSR count). The normalized spacial score (nSPS) is 15.5. The van der Waals surface area contributed by atoms with Gasteiger partial charge >= 0.3 is 0 Å². The molecule has 1 fully saturated rings. The highest BCUT2D eigenvalue weighted by Crippen LogP contribution is 2.37. The fraction of sp³-hybridized carbons (Fsp3) is 0.333. The van der Waals surface area contributed by atoms with E-state index in [0.29, 0.717) is 29.6 Å². The molecule has 0 aliphatic carbocycles. The first-order valence-electron chi connectivity index (χ1n) is 7.78. The summed E-state index contributed by atoms with van der Waals surface area (Å²) in [4.78, 5) is 26.0. The van der Waals surface area contributed by atoms with Gasteiger partial charge in [-0.1, -0.05) is 5.92 Å². The van der Waals surface area contributed by atoms with Crippen LogP contribution in [0.15, 0.2) is 17.0 Å². The van der Waals surface area contributed by atoms with E-state index in [0.717, 1.165) is 20.9 Å². The molecule has 1 aromatic carbocycles. The summed E-state index contributed by atoms with van der Waals surface area (Å²) in [6, 6.07) is 3.61. The second-order valence-corrected chi connectivity index (χ2v) is 7.24. The highest BCUT2D eigenvalue weighted by Gasteiger charge is 2.34. The van der Waals surface area contributed by atoms with Crippen LogP contribution < -0.4 is 9.47 Å². The standard InChI is InChI=1S/C18H18INO5S/c1-4-7-25-16-13(19)9-12(10-14(16)24-5-2)11-15-17(21)20(6-8-23-3)18(22)26-15/h1,9-11H,5-8H2,2-3H3/b15-11+. The lowest BCUT2D eigenvalue weighted by Gasteiger charge is -2.13. The van der Waals surface area contributed by atoms with Crippen LogP contribution in [0.25, 0.3) is 6.08 Å². The summed E-state index contributed by atoms with van der Waals surface area (Å²) >= 11 is 3.03. The number of carbonyl (C=O) groups is 2. The van der Waals surface area contributed by atoms with Gasteiger partial charge in [-0.2, -0.15) is 0 Å². The average molecular weight is 487 g/mol. The minimum absolute atomic E-state index is 0.133. The van der Waals surface area contributed by atoms with Crippen LogP contribution in [0.1, 0.15) is 12.5 Å². The topological polar surface area (TPSA) is 65.1 Å². The maximum atomic E-state index is 12.4. The summed E-state index contributed by atoms with van der Waals surface area (Å²) in [7, 11) is 1.52. The van der Waals surface area contributed by atoms with Crippen LogP contribution in [0, 0.1) is 15.9 Å². The Morgan fingerprint density at radius 3 is 2.77 bits per heavy atom. The smallest absolute Gasteiger partial charge is 0.293 e. The molecule has 0 atom stereocenters. The van der Waals surface area contributed by atoms with E-state index >= 15 is 0 Å². The predicted molar refractivity (Wildman–Crippen MR) is 109 cm³/mol. The van der Waals surface area contributed by atoms with Crippen molar-refractivity contribution in [3.63, 3.8) is 0 Å². The van der Waals surface area contributed by atoms with Crippen LogP contribution in [-0.4, -0.2) is 49.5 Å². The van der Waals surface area contributed by atoms with Gasteiger partial charge in [0.1, 0.15) is 6.61 Å². The highest BCUT2D eigenvalue weighted by atomic mass is 127. The molecule has 2 amide bonds. The van der Waals surface area contributed by atoms with Gasteiger partial charge in [0.2, 0.25) is 0 Å². The van der Waals surface area contributed by atoms with Crippen LogP contribution in [0.2, 0.25) is 0 Å². The van der Waals surface area contributed by atoms with Gasteiger partial charge in [0.25, 0.3) is 11.1 Å². The maximum absolute atomic E-state index is 12.4. The van der Waals surface area contributed by atoms with Crippen molar-refractivity contribution in [3.8, 4) is 23.8 Å². The van der Waals surface area contributed by atoms with Gasteiger partial charge in [-0.05, 0) is 65.0 Å². The maximum Gasteiger partial charge on any atom is 0.293 e. The van der Waals surface area contributed by atoms with Gasteiger partial charge in [0.15, 0.2) is 11.5 Å². The highest BCUT2D eigenvalue weighted by molar-refractivity contribution is 14.1. The molecule has 0 aromatic heterocycles. The van der Waals surface area contributed by atoms with Crippen LogP contribution in [-0.2, 0) is 9.53 Å². The van der Waals surface area contributed by atoms with E-state index in [1.165, 1.54) is 12.0 Å². The summed E-state index contributed by atoms with van der Waals surface area (Å²) in [5, 5.41) is -0.299. The first-order chi connectivity index (χ1) is 12.5. The Morgan fingerprint density at radius 2 is 2.12 bits per heavy atom. The van der Waals surface area contributed by atoms with E-state index < -0.39 is 0 Å². The number of hydrogen-bond donors (Lipinski definition) is 0. The number of nitrogens with zero attached hydrogens (tertiary/aromatic N) is 1. The lowest BCUT2D eigenvalue weighted by molar-refractivity contribution is -0.123. The van der Waals surface area contributed by atoms with Crippen LogP contribution in [0.5, 0.6) is 11.5 Å². The third kappa shape index (κ3) is 4.93. The Balaban J connectivity index is 2.31. The molecular weight excluding hydrogens is 469 g/mol. The third-order valence-electron chi connectivity index (χ3n) is 3.32. The Morgan fingerprint density at radius 1 is 1.35 bits per heavy atom. The van der Waals surface area contributed by atoms with Gasteiger partial charge in [-0.25, -0.2) is 0 Å². The summed E-state index contributed by atoms with van der Waals surface area (Å²) in [5.41, 5.74) is 0.739. The van der Waals surface area contributed by atoms with Crippen molar-refractivity contribution in [1.29, 1.82) is 0 Å². The van der Waals surface area contributed by atoms with Crippen molar-refractivity contribution < 1.29 is 23.8 Å². The fourth-order valence-corrected chi connectivity index (χ4v) is 3.86. The number of ether oxygens (including phenoxy) is 3. The van der Waals surface area contributed by atoms with Crippen molar-refractivity contribution >= 4 is 51.6 Å². The quantitative estimate of drug-likeness (QED) is 0.318. The van der Waals surface area contributed by atoms with Gasteiger partial charge in [0, 0.05) is 7.11 Å². The van der Waals surface area contributed by atoms with E-state index in [-0.39, 0.29) is 24.3 Å². The minimum atomic E-state index is -0.322. The molecule has 0 spiro atoms. The van der Waals surface area contributed by atoms with E-state index in [1.807, 2.05) is 13.0 Å². The molecule has 6 nitrogen and oxygen atoms in total. The zero-order valence-electron chi connectivity index (χ0n) is 14.4. The zero-order valence-corrected chi connectivity index (χ0v) is 17.4. The number of methoxy groups -OCH3 is 1. The van der Waals surface area contributed by atoms with Crippen molar-refractivity contribution in [2.45, 2.75) is 6.92 Å². The summed E-state index contributed by atoms with van der Waals surface area (Å²) < 4.78 is 16.9. The Kier molecular flexibility index (Phi) is 7.81. The first-order valence-corrected chi connectivity index (χ1v) is 9.68. The largest absolute Gasteiger partial charge is 0.490 e. The molecule has 0 radical (unpaired) electrons. The second kappa shape index (κ2) is 9.85. The summed E-state index contributed by atoms with van der Waals surface area (Å²) in [6.07, 6.45) is 6.93. The number of halogens is 1. The molecule has 0 unspecified atom stereocenters. The fourth-order valence-electron chi connectivity index (χ4n) is 2.21. The number of terminal acetylenes is 1. The van der Waals surface area contributed by atoms with Crippen molar-refractivity contribution in [2.75, 3.05) is 33.5 Å². The molecule has 1 saturated heterocycles. The van der Waals surface area contributed by atoms with Crippen molar-refractivity contribution in [2.24, 2.45) is 0 Å². The lowest BCUT2D eigenvalue weighted by atomic mass is 10.2. The second-order valence-electron chi connectivity index (χ2n) is 5.08. The van der Waals surface area contributed by atoms with Gasteiger partial charge in [-0.15, -0.1) is 6.42 Å². The lowest BCUT2D eigenvalue weighted by Crippen LogP contribution is -2.31. The Labute approximate surface area is 170 Å². The molecule has 26 heavy (non-hydrogen) atoms. The predicted octanol–water partition coefficient (Wildman–Crippen LogP) is 3.38. The number of amides is 2. The van der Waals surface area contributed by atoms with E-state index in [2.05, 4.69) is 28.5 Å². The Bertz CT molecular complexity index is 772. The molecule has 1 heterocycles. The number of thioether (sulfide) groups is 1. The molecule has 1 aliphatic heterocycles. The SMILES string of the molecule is C#CCOc1c(I)cc(/C=C2/SC(=O)N(CCOC)C2=O)cc1OCC. The van der Waals surface area contributed by atoms with E-state index in [9.17, 15) is 9.59 Å². The molecule has 138 valence electrons. The number of carbonyl (C=O) groups excluding carboxylic acids is 2. The molecule has 8 heteroatoms. The number of hydrogen-bond acceptors (Lipinski definition) is 6. The molecule has 1 aromatic rings. The monoisotopic (exact) mass is 487 g/mol.